The van der Waals surface area contributed by atoms with Crippen LogP contribution >= 0.6 is 0 Å². The molecule has 110 valence electrons. The van der Waals surface area contributed by atoms with Gasteiger partial charge in [0.2, 0.25) is 10.0 Å². The van der Waals surface area contributed by atoms with Gasteiger partial charge >= 0.3 is 0 Å². The van der Waals surface area contributed by atoms with E-state index in [0.29, 0.717) is 19.6 Å². The Morgan fingerprint density at radius 2 is 2.20 bits per heavy atom. The molecule has 0 saturated carbocycles. The summed E-state index contributed by atoms with van der Waals surface area (Å²) < 4.78 is 36.0. The molecule has 0 bridgehead atoms. The highest BCUT2D eigenvalue weighted by atomic mass is 32.2. The van der Waals surface area contributed by atoms with Gasteiger partial charge in [-0.2, -0.15) is 0 Å². The number of rotatable bonds is 2. The molecule has 1 atom stereocenters. The van der Waals surface area contributed by atoms with E-state index < -0.39 is 20.7 Å². The zero-order valence-electron chi connectivity index (χ0n) is 11.0. The van der Waals surface area contributed by atoms with E-state index in [2.05, 4.69) is 5.32 Å². The molecule has 6 nitrogen and oxygen atoms in total. The number of amides is 1. The maximum Gasteiger partial charge on any atom is 0.254 e. The Bertz CT molecular complexity index is 633. The van der Waals surface area contributed by atoms with E-state index in [-0.39, 0.29) is 17.5 Å². The van der Waals surface area contributed by atoms with Gasteiger partial charge in [0.15, 0.2) is 0 Å². The molecule has 1 aliphatic rings. The zero-order chi connectivity index (χ0) is 14.9. The van der Waals surface area contributed by atoms with Crippen LogP contribution in [-0.2, 0) is 10.0 Å². The van der Waals surface area contributed by atoms with Crippen molar-refractivity contribution < 1.29 is 17.6 Å². The molecule has 20 heavy (non-hydrogen) atoms. The molecule has 1 amide bonds. The van der Waals surface area contributed by atoms with Crippen LogP contribution in [-0.4, -0.2) is 44.9 Å². The number of nitrogens with two attached hydrogens (primary N) is 1. The van der Waals surface area contributed by atoms with E-state index in [0.717, 1.165) is 12.1 Å². The van der Waals surface area contributed by atoms with Crippen molar-refractivity contribution in [3.05, 3.63) is 29.6 Å². The van der Waals surface area contributed by atoms with Crippen LogP contribution in [0.4, 0.5) is 4.39 Å². The van der Waals surface area contributed by atoms with Crippen molar-refractivity contribution in [2.24, 2.45) is 5.14 Å². The van der Waals surface area contributed by atoms with E-state index >= 15 is 0 Å². The molecular formula is C12H16FN3O3S. The Morgan fingerprint density at radius 1 is 1.50 bits per heavy atom. The first-order valence-electron chi connectivity index (χ1n) is 6.15. The smallest absolute Gasteiger partial charge is 0.254 e. The van der Waals surface area contributed by atoms with Crippen LogP contribution in [0.3, 0.4) is 0 Å². The summed E-state index contributed by atoms with van der Waals surface area (Å²) in [5.74, 6) is -1.33. The second-order valence-electron chi connectivity index (χ2n) is 4.74. The Labute approximate surface area is 116 Å². The standard InChI is InChI=1S/C12H16FN3O3S/c1-8-7-15-4-5-16(8)12(17)9-2-3-11(10(13)6-9)20(14,18)19/h2-3,6,8,15H,4-5,7H2,1H3,(H2,14,18,19)/t8-/m1/s1. The van der Waals surface area contributed by atoms with Gasteiger partial charge in [0.05, 0.1) is 0 Å². The van der Waals surface area contributed by atoms with E-state index in [1.165, 1.54) is 6.07 Å². The molecule has 1 heterocycles. The van der Waals surface area contributed by atoms with Gasteiger partial charge in [0.25, 0.3) is 5.91 Å². The van der Waals surface area contributed by atoms with Crippen LogP contribution in [0.25, 0.3) is 0 Å². The van der Waals surface area contributed by atoms with Crippen molar-refractivity contribution in [1.29, 1.82) is 0 Å². The number of halogens is 1. The quantitative estimate of drug-likeness (QED) is 0.798. The lowest BCUT2D eigenvalue weighted by Crippen LogP contribution is -2.52. The van der Waals surface area contributed by atoms with Crippen molar-refractivity contribution in [2.75, 3.05) is 19.6 Å². The Balaban J connectivity index is 2.30. The molecule has 0 unspecified atom stereocenters. The molecule has 3 N–H and O–H groups in total. The van der Waals surface area contributed by atoms with Crippen molar-refractivity contribution in [2.45, 2.75) is 17.9 Å². The summed E-state index contributed by atoms with van der Waals surface area (Å²) in [5.41, 5.74) is 0.114. The second kappa shape index (κ2) is 5.47. The Morgan fingerprint density at radius 3 is 2.75 bits per heavy atom. The lowest BCUT2D eigenvalue weighted by atomic mass is 10.1. The van der Waals surface area contributed by atoms with Crippen LogP contribution in [0, 0.1) is 5.82 Å². The zero-order valence-corrected chi connectivity index (χ0v) is 11.8. The van der Waals surface area contributed by atoms with Crippen LogP contribution in [0.1, 0.15) is 17.3 Å². The number of piperazine rings is 1. The molecule has 2 rings (SSSR count). The molecule has 1 aromatic carbocycles. The van der Waals surface area contributed by atoms with Crippen molar-refractivity contribution in [1.82, 2.24) is 10.2 Å². The fourth-order valence-corrected chi connectivity index (χ4v) is 2.76. The van der Waals surface area contributed by atoms with E-state index in [1.54, 1.807) is 4.90 Å². The highest BCUT2D eigenvalue weighted by molar-refractivity contribution is 7.89. The van der Waals surface area contributed by atoms with Crippen LogP contribution in [0.5, 0.6) is 0 Å². The number of carbonyl (C=O) groups is 1. The summed E-state index contributed by atoms with van der Waals surface area (Å²) in [5, 5.41) is 8.02. The van der Waals surface area contributed by atoms with Crippen LogP contribution < -0.4 is 10.5 Å². The van der Waals surface area contributed by atoms with Gasteiger partial charge < -0.3 is 10.2 Å². The number of nitrogens with one attached hydrogen (secondary N) is 1. The number of benzene rings is 1. The number of hydrogen-bond donors (Lipinski definition) is 2. The van der Waals surface area contributed by atoms with Crippen LogP contribution in [0.2, 0.25) is 0 Å². The minimum atomic E-state index is -4.12. The molecule has 0 aromatic heterocycles. The number of sulfonamides is 1. The molecule has 1 fully saturated rings. The molecule has 1 saturated heterocycles. The predicted molar refractivity (Wildman–Crippen MR) is 71.1 cm³/mol. The van der Waals surface area contributed by atoms with E-state index in [1.807, 2.05) is 6.92 Å². The van der Waals surface area contributed by atoms with Gasteiger partial charge in [-0.1, -0.05) is 0 Å². The monoisotopic (exact) mass is 301 g/mol. The van der Waals surface area contributed by atoms with Gasteiger partial charge in [-0.25, -0.2) is 17.9 Å². The first kappa shape index (κ1) is 14.9. The Kier molecular flexibility index (Phi) is 4.07. The van der Waals surface area contributed by atoms with Crippen molar-refractivity contribution >= 4 is 15.9 Å². The van der Waals surface area contributed by atoms with E-state index in [4.69, 9.17) is 5.14 Å². The summed E-state index contributed by atoms with van der Waals surface area (Å²) in [7, 11) is -4.12. The first-order valence-corrected chi connectivity index (χ1v) is 7.69. The minimum Gasteiger partial charge on any atom is -0.333 e. The first-order chi connectivity index (χ1) is 9.30. The summed E-state index contributed by atoms with van der Waals surface area (Å²) in [6.07, 6.45) is 0. The second-order valence-corrected chi connectivity index (χ2v) is 6.27. The fraction of sp³-hybridized carbons (Fsp3) is 0.417. The third-order valence-electron chi connectivity index (χ3n) is 3.25. The largest absolute Gasteiger partial charge is 0.333 e. The normalized spacial score (nSPS) is 19.9. The molecule has 1 aromatic rings. The molecule has 0 spiro atoms. The summed E-state index contributed by atoms with van der Waals surface area (Å²) >= 11 is 0. The maximum absolute atomic E-state index is 13.7. The SMILES string of the molecule is C[C@@H]1CNCCN1C(=O)c1ccc(S(N)(=O)=O)c(F)c1. The van der Waals surface area contributed by atoms with Gasteiger partial charge in [-0.15, -0.1) is 0 Å². The van der Waals surface area contributed by atoms with Gasteiger partial charge in [-0.3, -0.25) is 4.79 Å². The highest BCUT2D eigenvalue weighted by Crippen LogP contribution is 2.17. The highest BCUT2D eigenvalue weighted by Gasteiger charge is 2.25. The lowest BCUT2D eigenvalue weighted by Gasteiger charge is -2.34. The number of nitrogens with zero attached hydrogens (tertiary/aromatic N) is 1. The van der Waals surface area contributed by atoms with Gasteiger partial charge in [-0.05, 0) is 25.1 Å². The summed E-state index contributed by atoms with van der Waals surface area (Å²) in [6.45, 7) is 3.76. The average molecular weight is 301 g/mol. The minimum absolute atomic E-state index is 0.00257. The van der Waals surface area contributed by atoms with Crippen LogP contribution in [0.15, 0.2) is 23.1 Å². The Hall–Kier alpha value is -1.51. The molecule has 8 heteroatoms. The topological polar surface area (TPSA) is 92.5 Å². The molecule has 1 aliphatic heterocycles. The lowest BCUT2D eigenvalue weighted by molar-refractivity contribution is 0.0655. The van der Waals surface area contributed by atoms with Gasteiger partial charge in [0, 0.05) is 31.2 Å². The molecular weight excluding hydrogens is 285 g/mol. The van der Waals surface area contributed by atoms with E-state index in [9.17, 15) is 17.6 Å². The molecule has 0 aliphatic carbocycles. The third kappa shape index (κ3) is 2.97. The number of carbonyl (C=O) groups excluding carboxylic acids is 1. The number of hydrogen-bond acceptors (Lipinski definition) is 4. The molecule has 0 radical (unpaired) electrons. The predicted octanol–water partition coefficient (Wildman–Crippen LogP) is -0.0930. The van der Waals surface area contributed by atoms with Crippen molar-refractivity contribution in [3.63, 3.8) is 0 Å². The third-order valence-corrected chi connectivity index (χ3v) is 4.19. The van der Waals surface area contributed by atoms with Gasteiger partial charge in [0.1, 0.15) is 10.7 Å². The van der Waals surface area contributed by atoms with Crippen molar-refractivity contribution in [3.8, 4) is 0 Å². The number of primary sulfonamides is 1. The fourth-order valence-electron chi connectivity index (χ4n) is 2.17. The summed E-state index contributed by atoms with van der Waals surface area (Å²) in [6, 6.07) is 3.21. The summed E-state index contributed by atoms with van der Waals surface area (Å²) in [4.78, 5) is 13.3. The maximum atomic E-state index is 13.7. The average Bonchev–Trinajstić information content (AvgIpc) is 2.37.